The molecule has 0 radical (unpaired) electrons. The first-order chi connectivity index (χ1) is 8.76. The van der Waals surface area contributed by atoms with Crippen LogP contribution in [0.2, 0.25) is 0 Å². The molecular formula is C12H12N4O2. The lowest BCUT2D eigenvalue weighted by Gasteiger charge is -1.98. The van der Waals surface area contributed by atoms with Gasteiger partial charge in [-0.05, 0) is 25.8 Å². The Bertz CT molecular complexity index is 639. The summed E-state index contributed by atoms with van der Waals surface area (Å²) < 4.78 is 4.84. The van der Waals surface area contributed by atoms with Crippen LogP contribution in [0.4, 0.5) is 0 Å². The van der Waals surface area contributed by atoms with E-state index in [1.165, 1.54) is 5.57 Å². The van der Waals surface area contributed by atoms with Crippen LogP contribution in [0.3, 0.4) is 0 Å². The number of H-pyrrole nitrogens is 1. The van der Waals surface area contributed by atoms with Gasteiger partial charge in [0.05, 0.1) is 12.8 Å². The van der Waals surface area contributed by atoms with E-state index < -0.39 is 5.97 Å². The van der Waals surface area contributed by atoms with Crippen molar-refractivity contribution in [3.8, 4) is 0 Å². The molecule has 2 aromatic rings. The number of ether oxygens (including phenoxy) is 1. The number of carbonyl (C=O) groups excluding carboxylic acids is 1. The molecule has 1 aliphatic carbocycles. The molecule has 3 rings (SSSR count). The normalized spacial score (nSPS) is 13.7. The maximum absolute atomic E-state index is 11.5. The number of hydrogen-bond donors (Lipinski definition) is 1. The Morgan fingerprint density at radius 1 is 1.50 bits per heavy atom. The summed E-state index contributed by atoms with van der Waals surface area (Å²) in [6, 6.07) is 0. The van der Waals surface area contributed by atoms with Crippen molar-refractivity contribution in [1.29, 1.82) is 0 Å². The molecule has 0 spiro atoms. The van der Waals surface area contributed by atoms with Gasteiger partial charge in [0.1, 0.15) is 11.3 Å². The largest absolute Gasteiger partial charge is 0.460 e. The molecule has 0 aromatic carbocycles. The van der Waals surface area contributed by atoms with Crippen molar-refractivity contribution < 1.29 is 9.53 Å². The molecule has 1 N–H and O–H groups in total. The van der Waals surface area contributed by atoms with Gasteiger partial charge in [0, 0.05) is 0 Å². The molecule has 0 amide bonds. The minimum absolute atomic E-state index is 0.0430. The molecule has 1 fully saturated rings. The molecule has 0 atom stereocenters. The second-order valence-electron chi connectivity index (χ2n) is 4.08. The van der Waals surface area contributed by atoms with E-state index in [4.69, 9.17) is 4.74 Å². The maximum Gasteiger partial charge on any atom is 0.376 e. The Morgan fingerprint density at radius 2 is 2.33 bits per heavy atom. The third kappa shape index (κ3) is 2.09. The predicted octanol–water partition coefficient (Wildman–Crippen LogP) is 1.71. The number of allylic oxidation sites excluding steroid dienone is 1. The highest BCUT2D eigenvalue weighted by atomic mass is 16.5. The van der Waals surface area contributed by atoms with Crippen molar-refractivity contribution >= 4 is 23.2 Å². The van der Waals surface area contributed by atoms with Crippen LogP contribution in [-0.2, 0) is 4.74 Å². The number of aromatic nitrogens is 4. The monoisotopic (exact) mass is 244 g/mol. The lowest BCUT2D eigenvalue weighted by atomic mass is 10.5. The number of carbonyl (C=O) groups is 1. The summed E-state index contributed by atoms with van der Waals surface area (Å²) in [4.78, 5) is 26.9. The van der Waals surface area contributed by atoms with E-state index in [0.717, 1.165) is 24.2 Å². The zero-order chi connectivity index (χ0) is 12.5. The molecule has 0 bridgehead atoms. The van der Waals surface area contributed by atoms with E-state index in [-0.39, 0.29) is 5.82 Å². The predicted molar refractivity (Wildman–Crippen MR) is 64.9 cm³/mol. The fraction of sp³-hybridized carbons (Fsp3) is 0.333. The Labute approximate surface area is 103 Å². The average molecular weight is 244 g/mol. The topological polar surface area (TPSA) is 80.8 Å². The van der Waals surface area contributed by atoms with Gasteiger partial charge >= 0.3 is 5.97 Å². The number of esters is 1. The van der Waals surface area contributed by atoms with Crippen LogP contribution in [0.25, 0.3) is 17.2 Å². The van der Waals surface area contributed by atoms with Crippen LogP contribution in [0.1, 0.15) is 36.2 Å². The smallest absolute Gasteiger partial charge is 0.376 e. The first-order valence-corrected chi connectivity index (χ1v) is 5.85. The van der Waals surface area contributed by atoms with E-state index in [1.807, 2.05) is 6.08 Å². The van der Waals surface area contributed by atoms with E-state index in [1.54, 1.807) is 13.1 Å². The van der Waals surface area contributed by atoms with Crippen LogP contribution >= 0.6 is 0 Å². The molecule has 92 valence electrons. The highest BCUT2D eigenvalue weighted by Gasteiger charge is 2.14. The summed E-state index contributed by atoms with van der Waals surface area (Å²) in [7, 11) is 0. The SMILES string of the molecule is CCOC(=O)c1ncc2[nH]c(C=C3CC3)nc2n1. The molecule has 2 heterocycles. The van der Waals surface area contributed by atoms with Crippen LogP contribution in [0.15, 0.2) is 11.8 Å². The summed E-state index contributed by atoms with van der Waals surface area (Å²) in [5, 5.41) is 0. The van der Waals surface area contributed by atoms with Gasteiger partial charge in [0.25, 0.3) is 0 Å². The Kier molecular flexibility index (Phi) is 2.55. The standard InChI is InChI=1S/C12H12N4O2/c1-2-18-12(17)11-13-6-8-10(16-11)15-9(14-8)5-7-3-4-7/h5-6H,2-4H2,1H3,(H,13,14,15,16). The first kappa shape index (κ1) is 10.9. The maximum atomic E-state index is 11.5. The summed E-state index contributed by atoms with van der Waals surface area (Å²) in [5.41, 5.74) is 2.57. The zero-order valence-corrected chi connectivity index (χ0v) is 9.93. The number of fused-ring (bicyclic) bond motifs is 1. The lowest BCUT2D eigenvalue weighted by Crippen LogP contribution is -2.09. The van der Waals surface area contributed by atoms with E-state index in [2.05, 4.69) is 19.9 Å². The van der Waals surface area contributed by atoms with Crippen LogP contribution < -0.4 is 0 Å². The van der Waals surface area contributed by atoms with E-state index in [0.29, 0.717) is 12.3 Å². The fourth-order valence-electron chi connectivity index (χ4n) is 1.60. The van der Waals surface area contributed by atoms with Crippen LogP contribution in [0, 0.1) is 0 Å². The molecule has 1 saturated carbocycles. The highest BCUT2D eigenvalue weighted by molar-refractivity contribution is 5.87. The number of aromatic amines is 1. The Hall–Kier alpha value is -2.24. The molecule has 2 aromatic heterocycles. The third-order valence-corrected chi connectivity index (χ3v) is 2.60. The minimum Gasteiger partial charge on any atom is -0.460 e. The second-order valence-corrected chi connectivity index (χ2v) is 4.08. The van der Waals surface area contributed by atoms with Gasteiger partial charge in [-0.15, -0.1) is 0 Å². The van der Waals surface area contributed by atoms with E-state index in [9.17, 15) is 4.79 Å². The fourth-order valence-corrected chi connectivity index (χ4v) is 1.60. The van der Waals surface area contributed by atoms with Crippen molar-refractivity contribution in [2.45, 2.75) is 19.8 Å². The third-order valence-electron chi connectivity index (χ3n) is 2.60. The molecule has 18 heavy (non-hydrogen) atoms. The van der Waals surface area contributed by atoms with Crippen LogP contribution in [0.5, 0.6) is 0 Å². The number of nitrogens with one attached hydrogen (secondary N) is 1. The van der Waals surface area contributed by atoms with Crippen LogP contribution in [-0.4, -0.2) is 32.5 Å². The molecule has 0 unspecified atom stereocenters. The van der Waals surface area contributed by atoms with Gasteiger partial charge in [-0.1, -0.05) is 5.57 Å². The number of imidazole rings is 1. The number of nitrogens with zero attached hydrogens (tertiary/aromatic N) is 3. The highest BCUT2D eigenvalue weighted by Crippen LogP contribution is 2.29. The number of hydrogen-bond acceptors (Lipinski definition) is 5. The number of rotatable bonds is 3. The molecule has 6 heteroatoms. The quantitative estimate of drug-likeness (QED) is 0.831. The Balaban J connectivity index is 1.96. The summed E-state index contributed by atoms with van der Waals surface area (Å²) in [6.07, 6.45) is 5.83. The second kappa shape index (κ2) is 4.21. The van der Waals surface area contributed by atoms with Gasteiger partial charge in [-0.2, -0.15) is 0 Å². The van der Waals surface area contributed by atoms with Gasteiger partial charge in [0.2, 0.25) is 5.82 Å². The van der Waals surface area contributed by atoms with Crippen molar-refractivity contribution in [3.05, 3.63) is 23.4 Å². The van der Waals surface area contributed by atoms with Crippen molar-refractivity contribution in [1.82, 2.24) is 19.9 Å². The van der Waals surface area contributed by atoms with Gasteiger partial charge in [-0.3, -0.25) is 0 Å². The average Bonchev–Trinajstić information content (AvgIpc) is 3.07. The van der Waals surface area contributed by atoms with Gasteiger partial charge in [0.15, 0.2) is 5.65 Å². The summed E-state index contributed by atoms with van der Waals surface area (Å²) in [5.74, 6) is 0.277. The van der Waals surface area contributed by atoms with Crippen molar-refractivity contribution in [2.75, 3.05) is 6.61 Å². The molecular weight excluding hydrogens is 232 g/mol. The molecule has 0 aliphatic heterocycles. The Morgan fingerprint density at radius 3 is 3.06 bits per heavy atom. The van der Waals surface area contributed by atoms with E-state index >= 15 is 0 Å². The van der Waals surface area contributed by atoms with Crippen molar-refractivity contribution in [3.63, 3.8) is 0 Å². The zero-order valence-electron chi connectivity index (χ0n) is 9.93. The summed E-state index contributed by atoms with van der Waals surface area (Å²) in [6.45, 7) is 2.04. The van der Waals surface area contributed by atoms with Crippen molar-refractivity contribution in [2.24, 2.45) is 0 Å². The molecule has 6 nitrogen and oxygen atoms in total. The lowest BCUT2D eigenvalue weighted by molar-refractivity contribution is 0.0512. The summed E-state index contributed by atoms with van der Waals surface area (Å²) >= 11 is 0. The van der Waals surface area contributed by atoms with Gasteiger partial charge in [-0.25, -0.2) is 19.7 Å². The van der Waals surface area contributed by atoms with Gasteiger partial charge < -0.3 is 9.72 Å². The molecule has 0 saturated heterocycles. The molecule has 1 aliphatic rings. The minimum atomic E-state index is -0.524. The first-order valence-electron chi connectivity index (χ1n) is 5.85.